The van der Waals surface area contributed by atoms with Crippen molar-refractivity contribution in [1.82, 2.24) is 0 Å². The third-order valence-corrected chi connectivity index (χ3v) is 8.64. The first-order chi connectivity index (χ1) is 21.1. The third kappa shape index (κ3) is 23.7. The van der Waals surface area contributed by atoms with E-state index in [0.29, 0.717) is 18.8 Å². The average molecular weight is 624 g/mol. The molecule has 0 amide bonds. The maximum Gasteiger partial charge on any atom is 0.338 e. The minimum Gasteiger partial charge on any atom is -0.768 e. The number of unbranched alkanes of at least 4 members (excludes halogenated alkanes) is 22. The Kier molecular flexibility index (Phi) is 27.2. The van der Waals surface area contributed by atoms with E-state index in [1.807, 2.05) is 0 Å². The lowest BCUT2D eigenvalue weighted by atomic mass is 10.1. The van der Waals surface area contributed by atoms with E-state index in [0.717, 1.165) is 32.1 Å². The molecule has 0 aliphatic heterocycles. The van der Waals surface area contributed by atoms with Crippen LogP contribution in [0.5, 0.6) is 0 Å². The van der Waals surface area contributed by atoms with E-state index in [1.165, 1.54) is 134 Å². The first-order valence-corrected chi connectivity index (χ1v) is 18.8. The molecule has 0 aliphatic carbocycles. The molecule has 0 aromatic heterocycles. The number of rotatable bonds is 31. The van der Waals surface area contributed by atoms with E-state index >= 15 is 0 Å². The summed E-state index contributed by atoms with van der Waals surface area (Å²) >= 11 is -2.46. The molecule has 1 aromatic carbocycles. The average Bonchev–Trinajstić information content (AvgIpc) is 3.01. The molecule has 0 saturated carbocycles. The van der Waals surface area contributed by atoms with E-state index in [9.17, 15) is 13.6 Å². The van der Waals surface area contributed by atoms with Crippen LogP contribution >= 0.6 is 0 Å². The van der Waals surface area contributed by atoms with Gasteiger partial charge in [0.05, 0.1) is 18.8 Å². The Morgan fingerprint density at radius 2 is 1.00 bits per heavy atom. The van der Waals surface area contributed by atoms with Gasteiger partial charge in [-0.2, -0.15) is 0 Å². The molecule has 0 heterocycles. The molecule has 6 nitrogen and oxygen atoms in total. The summed E-state index contributed by atoms with van der Waals surface area (Å²) in [5.74, 6) is -0.506. The zero-order chi connectivity index (χ0) is 31.2. The minimum absolute atomic E-state index is 0.0411. The van der Waals surface area contributed by atoms with Gasteiger partial charge in [0.25, 0.3) is 0 Å². The molecule has 7 heteroatoms. The standard InChI is InChI=1S/C36H64O6S/c1-3-5-7-9-11-13-15-17-19-21-23-25-27-40-36(37)34-29-33(30-35(31-34)43(38)39)32-42-41-28-26-24-22-20-18-16-14-12-10-8-6-4-2/h29-31H,3-28,32H2,1-2H3,(H,38,39)/p-1. The highest BCUT2D eigenvalue weighted by Gasteiger charge is 2.11. The van der Waals surface area contributed by atoms with E-state index in [-0.39, 0.29) is 17.1 Å². The first kappa shape index (κ1) is 39.7. The predicted octanol–water partition coefficient (Wildman–Crippen LogP) is 10.9. The summed E-state index contributed by atoms with van der Waals surface area (Å²) < 4.78 is 28.6. The van der Waals surface area contributed by atoms with Crippen LogP contribution in [0.15, 0.2) is 23.1 Å². The summed E-state index contributed by atoms with van der Waals surface area (Å²) in [5.41, 5.74) is 0.786. The fourth-order valence-corrected chi connectivity index (χ4v) is 5.79. The first-order valence-electron chi connectivity index (χ1n) is 17.7. The predicted molar refractivity (Wildman–Crippen MR) is 177 cm³/mol. The SMILES string of the molecule is CCCCCCCCCCCCCCOOCc1cc(C(=O)OCCCCCCCCCCCCCC)cc(S(=O)[O-])c1. The van der Waals surface area contributed by atoms with Crippen LogP contribution in [0.2, 0.25) is 0 Å². The Balaban J connectivity index is 2.14. The number of hydrogen-bond acceptors (Lipinski definition) is 6. The van der Waals surface area contributed by atoms with E-state index < -0.39 is 17.0 Å². The van der Waals surface area contributed by atoms with E-state index in [2.05, 4.69) is 13.8 Å². The summed E-state index contributed by atoms with van der Waals surface area (Å²) in [6, 6.07) is 4.47. The molecular formula is C36H63O6S-. The summed E-state index contributed by atoms with van der Waals surface area (Å²) in [6.45, 7) is 5.42. The zero-order valence-electron chi connectivity index (χ0n) is 27.7. The van der Waals surface area contributed by atoms with Gasteiger partial charge in [-0.25, -0.2) is 14.6 Å². The smallest absolute Gasteiger partial charge is 0.338 e. The van der Waals surface area contributed by atoms with Gasteiger partial charge in [0.2, 0.25) is 0 Å². The van der Waals surface area contributed by atoms with Gasteiger partial charge in [-0.05, 0) is 47.7 Å². The number of esters is 1. The van der Waals surface area contributed by atoms with Crippen LogP contribution in [0, 0.1) is 0 Å². The fourth-order valence-electron chi connectivity index (χ4n) is 5.32. The van der Waals surface area contributed by atoms with Crippen LogP contribution in [0.1, 0.15) is 184 Å². The molecular weight excluding hydrogens is 560 g/mol. The second-order valence-electron chi connectivity index (χ2n) is 12.1. The van der Waals surface area contributed by atoms with Gasteiger partial charge >= 0.3 is 5.97 Å². The van der Waals surface area contributed by atoms with Crippen LogP contribution in [0.25, 0.3) is 0 Å². The number of carbonyl (C=O) groups excluding carboxylic acids is 1. The van der Waals surface area contributed by atoms with Crippen LogP contribution in [0.3, 0.4) is 0 Å². The summed E-state index contributed by atoms with van der Waals surface area (Å²) in [4.78, 5) is 23.3. The highest BCUT2D eigenvalue weighted by Crippen LogP contribution is 2.17. The third-order valence-electron chi connectivity index (χ3n) is 8.02. The maximum absolute atomic E-state index is 12.6. The van der Waals surface area contributed by atoms with Gasteiger partial charge in [-0.1, -0.05) is 155 Å². The van der Waals surface area contributed by atoms with Gasteiger partial charge < -0.3 is 9.29 Å². The van der Waals surface area contributed by atoms with Gasteiger partial charge in [-0.3, -0.25) is 4.21 Å². The van der Waals surface area contributed by atoms with Crippen molar-refractivity contribution in [3.8, 4) is 0 Å². The normalized spacial score (nSPS) is 12.1. The highest BCUT2D eigenvalue weighted by atomic mass is 32.2. The largest absolute Gasteiger partial charge is 0.768 e. The lowest BCUT2D eigenvalue weighted by molar-refractivity contribution is -0.304. The molecule has 250 valence electrons. The molecule has 1 unspecified atom stereocenters. The minimum atomic E-state index is -2.46. The van der Waals surface area contributed by atoms with Crippen molar-refractivity contribution in [2.24, 2.45) is 0 Å². The van der Waals surface area contributed by atoms with Crippen molar-refractivity contribution >= 4 is 17.0 Å². The Hall–Kier alpha value is -1.28. The molecule has 0 spiro atoms. The molecule has 0 aliphatic rings. The summed E-state index contributed by atoms with van der Waals surface area (Å²) in [7, 11) is 0. The Morgan fingerprint density at radius 1 is 0.581 bits per heavy atom. The molecule has 0 N–H and O–H groups in total. The molecule has 1 atom stereocenters. The molecule has 43 heavy (non-hydrogen) atoms. The lowest BCUT2D eigenvalue weighted by Gasteiger charge is -2.12. The van der Waals surface area contributed by atoms with Crippen molar-refractivity contribution in [2.75, 3.05) is 13.2 Å². The molecule has 0 radical (unpaired) electrons. The van der Waals surface area contributed by atoms with Crippen molar-refractivity contribution in [2.45, 2.75) is 179 Å². The number of ether oxygens (including phenoxy) is 1. The van der Waals surface area contributed by atoms with Crippen LogP contribution in [-0.4, -0.2) is 27.9 Å². The van der Waals surface area contributed by atoms with Gasteiger partial charge in [-0.15, -0.1) is 0 Å². The van der Waals surface area contributed by atoms with Crippen molar-refractivity contribution in [3.63, 3.8) is 0 Å². The molecule has 0 saturated heterocycles. The Bertz CT molecular complexity index is 815. The molecule has 1 rings (SSSR count). The highest BCUT2D eigenvalue weighted by molar-refractivity contribution is 7.79. The number of benzene rings is 1. The zero-order valence-corrected chi connectivity index (χ0v) is 28.5. The summed E-state index contributed by atoms with van der Waals surface area (Å²) in [5, 5.41) is 0. The topological polar surface area (TPSA) is 84.9 Å². The summed E-state index contributed by atoms with van der Waals surface area (Å²) in [6.07, 6.45) is 30.3. The second kappa shape index (κ2) is 29.4. The van der Waals surface area contributed by atoms with Gasteiger partial charge in [0.15, 0.2) is 0 Å². The van der Waals surface area contributed by atoms with Crippen LogP contribution in [0.4, 0.5) is 0 Å². The molecule has 0 fully saturated rings. The van der Waals surface area contributed by atoms with Gasteiger partial charge in [0, 0.05) is 4.90 Å². The maximum atomic E-state index is 12.6. The molecule has 0 bridgehead atoms. The second-order valence-corrected chi connectivity index (χ2v) is 13.0. The van der Waals surface area contributed by atoms with Crippen molar-refractivity contribution < 1.29 is 28.1 Å². The monoisotopic (exact) mass is 623 g/mol. The Labute approximate surface area is 266 Å². The Morgan fingerprint density at radius 3 is 1.44 bits per heavy atom. The number of hydrogen-bond donors (Lipinski definition) is 0. The van der Waals surface area contributed by atoms with Gasteiger partial charge in [0.1, 0.15) is 6.61 Å². The van der Waals surface area contributed by atoms with Crippen molar-refractivity contribution in [1.29, 1.82) is 0 Å². The van der Waals surface area contributed by atoms with E-state index in [1.54, 1.807) is 6.07 Å². The quantitative estimate of drug-likeness (QED) is 0.0269. The number of carbonyl (C=O) groups is 1. The van der Waals surface area contributed by atoms with Crippen molar-refractivity contribution in [3.05, 3.63) is 29.3 Å². The van der Waals surface area contributed by atoms with Crippen LogP contribution < -0.4 is 0 Å². The lowest BCUT2D eigenvalue weighted by Crippen LogP contribution is -2.09. The van der Waals surface area contributed by atoms with E-state index in [4.69, 9.17) is 14.5 Å². The fraction of sp³-hybridized carbons (Fsp3) is 0.806. The van der Waals surface area contributed by atoms with Crippen LogP contribution in [-0.2, 0) is 32.2 Å². The molecule has 1 aromatic rings.